The van der Waals surface area contributed by atoms with Crippen LogP contribution in [0.2, 0.25) is 0 Å². The number of nitrogens with zero attached hydrogens (tertiary/aromatic N) is 2. The summed E-state index contributed by atoms with van der Waals surface area (Å²) in [6.45, 7) is 10.1. The molecule has 0 spiro atoms. The summed E-state index contributed by atoms with van der Waals surface area (Å²) in [5, 5.41) is 15.5. The molecule has 1 amide bonds. The zero-order valence-corrected chi connectivity index (χ0v) is 19.5. The normalized spacial score (nSPS) is 11.9. The summed E-state index contributed by atoms with van der Waals surface area (Å²) in [4.78, 5) is 23.1. The minimum absolute atomic E-state index is 0.0413. The van der Waals surface area contributed by atoms with E-state index in [1.807, 2.05) is 6.07 Å². The first-order chi connectivity index (χ1) is 14.9. The summed E-state index contributed by atoms with van der Waals surface area (Å²) >= 11 is 0. The number of benzene rings is 2. The van der Waals surface area contributed by atoms with Gasteiger partial charge in [0.2, 0.25) is 0 Å². The maximum Gasteiger partial charge on any atom is 0.311 e. The van der Waals surface area contributed by atoms with Crippen LogP contribution in [0.15, 0.2) is 47.6 Å². The molecule has 0 aliphatic heterocycles. The molecule has 0 aliphatic rings. The zero-order valence-electron chi connectivity index (χ0n) is 19.5. The molecule has 2 aromatic rings. The van der Waals surface area contributed by atoms with Gasteiger partial charge < -0.3 is 9.47 Å². The molecule has 0 radical (unpaired) electrons. The van der Waals surface area contributed by atoms with Crippen molar-refractivity contribution in [3.8, 4) is 11.5 Å². The number of nitrogens with one attached hydrogen (secondary N) is 1. The average Bonchev–Trinajstić information content (AvgIpc) is 2.70. The number of hydrazone groups is 1. The predicted molar refractivity (Wildman–Crippen MR) is 124 cm³/mol. The number of hydrogen-bond donors (Lipinski definition) is 1. The Labute approximate surface area is 188 Å². The van der Waals surface area contributed by atoms with Gasteiger partial charge in [-0.2, -0.15) is 5.10 Å². The zero-order chi connectivity index (χ0) is 23.9. The molecule has 0 bridgehead atoms. The van der Waals surface area contributed by atoms with Crippen LogP contribution in [0.1, 0.15) is 52.2 Å². The van der Waals surface area contributed by atoms with E-state index in [4.69, 9.17) is 9.47 Å². The molecule has 2 aromatic carbocycles. The molecule has 2 rings (SSSR count). The van der Waals surface area contributed by atoms with E-state index in [1.165, 1.54) is 12.3 Å². The Bertz CT molecular complexity index is 976. The average molecular weight is 442 g/mol. The number of carbonyl (C=O) groups excluding carboxylic acids is 1. The Balaban J connectivity index is 2.02. The molecule has 0 saturated heterocycles. The molecule has 32 heavy (non-hydrogen) atoms. The maximum absolute atomic E-state index is 12.0. The Kier molecular flexibility index (Phi) is 7.97. The molecule has 0 aromatic heterocycles. The van der Waals surface area contributed by atoms with Crippen LogP contribution in [0.3, 0.4) is 0 Å². The second-order valence-corrected chi connectivity index (χ2v) is 9.42. The van der Waals surface area contributed by atoms with Gasteiger partial charge in [-0.05, 0) is 58.7 Å². The third kappa shape index (κ3) is 7.37. The largest absolute Gasteiger partial charge is 0.497 e. The number of ether oxygens (including phenoxy) is 2. The molecular weight excluding hydrogens is 410 g/mol. The fourth-order valence-corrected chi connectivity index (χ4v) is 3.68. The molecule has 0 unspecified atom stereocenters. The minimum atomic E-state index is -0.527. The van der Waals surface area contributed by atoms with E-state index in [0.29, 0.717) is 5.75 Å². The number of nitro groups is 1. The Morgan fingerprint density at radius 2 is 1.78 bits per heavy atom. The van der Waals surface area contributed by atoms with Crippen LogP contribution in [0.25, 0.3) is 0 Å². The fraction of sp³-hybridized carbons (Fsp3) is 0.417. The van der Waals surface area contributed by atoms with E-state index in [-0.39, 0.29) is 22.3 Å². The predicted octanol–water partition coefficient (Wildman–Crippen LogP) is 4.85. The lowest BCUT2D eigenvalue weighted by Gasteiger charge is -2.33. The molecule has 8 nitrogen and oxygen atoms in total. The summed E-state index contributed by atoms with van der Waals surface area (Å²) in [6.07, 6.45) is 2.33. The summed E-state index contributed by atoms with van der Waals surface area (Å²) < 4.78 is 10.5. The standard InChI is InChI=1S/C24H31N3O5/c1-23(2,3)16-24(4,5)18-9-12-21(20(13-18)27(29)30)32-15-22(28)26-25-14-17-7-10-19(31-6)11-8-17/h7-14H,15-16H2,1-6H3,(H,26,28)/b25-14-. The highest BCUT2D eigenvalue weighted by Gasteiger charge is 2.29. The Hall–Kier alpha value is -3.42. The quantitative estimate of drug-likeness (QED) is 0.340. The molecule has 0 fully saturated rings. The van der Waals surface area contributed by atoms with Crippen LogP contribution in [0.4, 0.5) is 5.69 Å². The molecule has 172 valence electrons. The van der Waals surface area contributed by atoms with Crippen LogP contribution >= 0.6 is 0 Å². The van der Waals surface area contributed by atoms with E-state index in [0.717, 1.165) is 17.5 Å². The van der Waals surface area contributed by atoms with Crippen molar-refractivity contribution < 1.29 is 19.2 Å². The van der Waals surface area contributed by atoms with E-state index in [9.17, 15) is 14.9 Å². The van der Waals surface area contributed by atoms with Gasteiger partial charge in [-0.3, -0.25) is 14.9 Å². The van der Waals surface area contributed by atoms with Crippen molar-refractivity contribution in [1.29, 1.82) is 0 Å². The number of hydrogen-bond acceptors (Lipinski definition) is 6. The van der Waals surface area contributed by atoms with Crippen LogP contribution in [0.5, 0.6) is 11.5 Å². The lowest BCUT2D eigenvalue weighted by molar-refractivity contribution is -0.385. The number of methoxy groups -OCH3 is 1. The van der Waals surface area contributed by atoms with Gasteiger partial charge >= 0.3 is 5.69 Å². The van der Waals surface area contributed by atoms with Gasteiger partial charge in [-0.25, -0.2) is 5.43 Å². The Morgan fingerprint density at radius 3 is 2.34 bits per heavy atom. The van der Waals surface area contributed by atoms with Gasteiger partial charge in [0, 0.05) is 6.07 Å². The van der Waals surface area contributed by atoms with Crippen molar-refractivity contribution >= 4 is 17.8 Å². The number of nitro benzene ring substituents is 1. The van der Waals surface area contributed by atoms with E-state index < -0.39 is 17.4 Å². The van der Waals surface area contributed by atoms with Crippen LogP contribution in [-0.4, -0.2) is 30.8 Å². The summed E-state index contributed by atoms with van der Waals surface area (Å²) in [5.41, 5.74) is 3.61. The van der Waals surface area contributed by atoms with Crippen LogP contribution < -0.4 is 14.9 Å². The van der Waals surface area contributed by atoms with E-state index in [2.05, 4.69) is 45.1 Å². The third-order valence-electron chi connectivity index (χ3n) is 4.79. The highest BCUT2D eigenvalue weighted by atomic mass is 16.6. The summed E-state index contributed by atoms with van der Waals surface area (Å²) in [6, 6.07) is 12.0. The fourth-order valence-electron chi connectivity index (χ4n) is 3.68. The van der Waals surface area contributed by atoms with E-state index >= 15 is 0 Å². The first-order valence-corrected chi connectivity index (χ1v) is 10.3. The maximum atomic E-state index is 12.0. The van der Waals surface area contributed by atoms with E-state index in [1.54, 1.807) is 37.4 Å². The third-order valence-corrected chi connectivity index (χ3v) is 4.79. The minimum Gasteiger partial charge on any atom is -0.497 e. The second kappa shape index (κ2) is 10.3. The number of amides is 1. The monoisotopic (exact) mass is 441 g/mol. The van der Waals surface area contributed by atoms with Crippen molar-refractivity contribution in [3.05, 3.63) is 63.7 Å². The highest BCUT2D eigenvalue weighted by molar-refractivity contribution is 5.83. The summed E-state index contributed by atoms with van der Waals surface area (Å²) in [7, 11) is 1.58. The second-order valence-electron chi connectivity index (χ2n) is 9.42. The lowest BCUT2D eigenvalue weighted by atomic mass is 9.72. The van der Waals surface area contributed by atoms with Crippen molar-refractivity contribution in [2.75, 3.05) is 13.7 Å². The Morgan fingerprint density at radius 1 is 1.12 bits per heavy atom. The molecule has 0 aliphatic carbocycles. The van der Waals surface area contributed by atoms with Gasteiger partial charge in [0.1, 0.15) is 5.75 Å². The van der Waals surface area contributed by atoms with Crippen molar-refractivity contribution in [2.45, 2.75) is 46.5 Å². The van der Waals surface area contributed by atoms with Crippen molar-refractivity contribution in [3.63, 3.8) is 0 Å². The molecule has 0 heterocycles. The molecule has 1 N–H and O–H groups in total. The first-order valence-electron chi connectivity index (χ1n) is 10.3. The lowest BCUT2D eigenvalue weighted by Crippen LogP contribution is -2.26. The topological polar surface area (TPSA) is 103 Å². The van der Waals surface area contributed by atoms with Crippen molar-refractivity contribution in [1.82, 2.24) is 5.43 Å². The van der Waals surface area contributed by atoms with Gasteiger partial charge in [0.05, 0.1) is 18.2 Å². The molecule has 0 atom stereocenters. The smallest absolute Gasteiger partial charge is 0.311 e. The number of carbonyl (C=O) groups is 1. The molecule has 8 heteroatoms. The molecule has 0 saturated carbocycles. The van der Waals surface area contributed by atoms with Crippen molar-refractivity contribution in [2.24, 2.45) is 10.5 Å². The highest BCUT2D eigenvalue weighted by Crippen LogP contribution is 2.39. The first kappa shape index (κ1) is 24.8. The van der Waals surface area contributed by atoms with Crippen LogP contribution in [0, 0.1) is 15.5 Å². The molecular formula is C24H31N3O5. The van der Waals surface area contributed by atoms with Gasteiger partial charge in [-0.15, -0.1) is 0 Å². The van der Waals surface area contributed by atoms with Crippen LogP contribution in [-0.2, 0) is 10.2 Å². The van der Waals surface area contributed by atoms with Gasteiger partial charge in [0.25, 0.3) is 5.91 Å². The summed E-state index contributed by atoms with van der Waals surface area (Å²) in [5.74, 6) is 0.231. The van der Waals surface area contributed by atoms with Gasteiger partial charge in [0.15, 0.2) is 12.4 Å². The van der Waals surface area contributed by atoms with Gasteiger partial charge in [-0.1, -0.05) is 40.7 Å². The SMILES string of the molecule is COc1ccc(/C=N\NC(=O)COc2ccc(C(C)(C)CC(C)(C)C)cc2[N+](=O)[O-])cc1. The number of rotatable bonds is 9.